The molecule has 2 N–H and O–H groups in total. The van der Waals surface area contributed by atoms with Crippen LogP contribution < -0.4 is 5.32 Å². The Bertz CT molecular complexity index is 1070. The van der Waals surface area contributed by atoms with E-state index in [1.54, 1.807) is 27.7 Å². The molecule has 256 valence electrons. The number of Topliss-reactive ketones (excluding diaryl/α,β-unsaturated/α-hetero) is 2. The van der Waals surface area contributed by atoms with Gasteiger partial charge >= 0.3 is 18.0 Å². The minimum absolute atomic E-state index is 0.0320. The molecule has 0 aromatic rings. The third-order valence-electron chi connectivity index (χ3n) is 7.66. The van der Waals surface area contributed by atoms with Crippen LogP contribution in [0.15, 0.2) is 22.7 Å². The van der Waals surface area contributed by atoms with E-state index < -0.39 is 35.6 Å². The van der Waals surface area contributed by atoms with Gasteiger partial charge in [0, 0.05) is 11.1 Å². The number of ether oxygens (including phenoxy) is 4. The van der Waals surface area contributed by atoms with Crippen LogP contribution in [0.4, 0.5) is 4.79 Å². The highest BCUT2D eigenvalue weighted by molar-refractivity contribution is 6.23. The lowest BCUT2D eigenvalue weighted by atomic mass is 9.89. The zero-order valence-corrected chi connectivity index (χ0v) is 28.4. The molecule has 1 amide bonds. The standard InChI is InChI=1S/C34H55NO10/c1-8-9-16-19-24(31(38)39)22-26(35-33(41)45-34(3,4)5)32(40)44-21-18-15-13-11-10-12-14-17-20-25-23(2)27(36)29(42-6)30(43-7)28(25)37/h24,26H,8-22H2,1-7H3,(H,35,41)(H,38,39). The fourth-order valence-electron chi connectivity index (χ4n) is 5.16. The average Bonchev–Trinajstić information content (AvgIpc) is 2.96. The Hall–Kier alpha value is -3.37. The Balaban J connectivity index is 2.41. The van der Waals surface area contributed by atoms with Crippen molar-refractivity contribution >= 4 is 29.6 Å². The molecule has 45 heavy (non-hydrogen) atoms. The molecule has 1 rings (SSSR count). The fraction of sp³-hybridized carbons (Fsp3) is 0.735. The smallest absolute Gasteiger partial charge is 0.408 e. The molecular formula is C34H55NO10. The quantitative estimate of drug-likeness (QED) is 0.0756. The molecule has 1 aliphatic carbocycles. The van der Waals surface area contributed by atoms with Gasteiger partial charge in [0.1, 0.15) is 11.6 Å². The molecule has 0 aromatic carbocycles. The molecule has 0 saturated carbocycles. The number of carboxylic acid groups (broad SMARTS) is 1. The number of carboxylic acids is 1. The molecule has 0 radical (unpaired) electrons. The number of unbranched alkanes of at least 4 members (excludes halogenated alkanes) is 9. The van der Waals surface area contributed by atoms with Crippen LogP contribution in [0.1, 0.15) is 125 Å². The monoisotopic (exact) mass is 637 g/mol. The molecule has 2 unspecified atom stereocenters. The first-order valence-electron chi connectivity index (χ1n) is 16.3. The summed E-state index contributed by atoms with van der Waals surface area (Å²) in [5, 5.41) is 12.2. The SMILES string of the molecule is CCCCCC(CC(NC(=O)OC(C)(C)C)C(=O)OCCCCCCCCCCC1=C(C)C(=O)C(OC)=C(OC)C1=O)C(=O)O. The number of rotatable bonds is 22. The van der Waals surface area contributed by atoms with Gasteiger partial charge in [-0.05, 0) is 59.8 Å². The maximum absolute atomic E-state index is 12.9. The number of methoxy groups -OCH3 is 2. The number of hydrogen-bond donors (Lipinski definition) is 2. The van der Waals surface area contributed by atoms with E-state index in [2.05, 4.69) is 5.32 Å². The van der Waals surface area contributed by atoms with Crippen LogP contribution in [0.25, 0.3) is 0 Å². The summed E-state index contributed by atoms with van der Waals surface area (Å²) in [6, 6.07) is -1.11. The summed E-state index contributed by atoms with van der Waals surface area (Å²) in [4.78, 5) is 62.3. The molecule has 0 heterocycles. The second-order valence-corrected chi connectivity index (χ2v) is 12.5. The average molecular weight is 638 g/mol. The van der Waals surface area contributed by atoms with Crippen molar-refractivity contribution in [1.29, 1.82) is 0 Å². The van der Waals surface area contributed by atoms with E-state index in [0.29, 0.717) is 30.4 Å². The summed E-state index contributed by atoms with van der Waals surface area (Å²) >= 11 is 0. The van der Waals surface area contributed by atoms with Crippen LogP contribution in [-0.2, 0) is 38.1 Å². The number of ketones is 2. The van der Waals surface area contributed by atoms with Gasteiger partial charge in [0.2, 0.25) is 23.1 Å². The van der Waals surface area contributed by atoms with Gasteiger partial charge in [0.15, 0.2) is 0 Å². The van der Waals surface area contributed by atoms with Crippen LogP contribution in [0.5, 0.6) is 0 Å². The first-order chi connectivity index (χ1) is 21.3. The van der Waals surface area contributed by atoms with Gasteiger partial charge in [-0.15, -0.1) is 0 Å². The van der Waals surface area contributed by atoms with Crippen molar-refractivity contribution in [3.63, 3.8) is 0 Å². The second kappa shape index (κ2) is 20.6. The van der Waals surface area contributed by atoms with E-state index in [0.717, 1.165) is 64.2 Å². The van der Waals surface area contributed by atoms with Crippen molar-refractivity contribution in [1.82, 2.24) is 5.32 Å². The van der Waals surface area contributed by atoms with E-state index in [9.17, 15) is 29.1 Å². The molecule has 0 aliphatic heterocycles. The highest BCUT2D eigenvalue weighted by atomic mass is 16.6. The summed E-state index contributed by atoms with van der Waals surface area (Å²) < 4.78 is 20.9. The summed E-state index contributed by atoms with van der Waals surface area (Å²) in [6.07, 6.45) is 9.90. The molecule has 2 atom stereocenters. The predicted molar refractivity (Wildman–Crippen MR) is 169 cm³/mol. The second-order valence-electron chi connectivity index (χ2n) is 12.5. The third kappa shape index (κ3) is 14.5. The number of esters is 1. The molecule has 0 spiro atoms. The molecule has 11 heteroatoms. The number of alkyl carbamates (subject to hydrolysis) is 1. The fourth-order valence-corrected chi connectivity index (χ4v) is 5.16. The zero-order valence-electron chi connectivity index (χ0n) is 28.4. The van der Waals surface area contributed by atoms with Crippen molar-refractivity contribution in [2.75, 3.05) is 20.8 Å². The normalized spacial score (nSPS) is 15.1. The van der Waals surface area contributed by atoms with Gasteiger partial charge in [-0.1, -0.05) is 64.7 Å². The first kappa shape index (κ1) is 39.7. The number of amides is 1. The van der Waals surface area contributed by atoms with Crippen LogP contribution in [-0.4, -0.2) is 67.2 Å². The van der Waals surface area contributed by atoms with Gasteiger partial charge < -0.3 is 29.4 Å². The van der Waals surface area contributed by atoms with E-state index in [1.807, 2.05) is 6.92 Å². The van der Waals surface area contributed by atoms with Crippen molar-refractivity contribution < 1.29 is 48.0 Å². The zero-order chi connectivity index (χ0) is 34.0. The molecule has 0 aromatic heterocycles. The Morgan fingerprint density at radius 3 is 1.91 bits per heavy atom. The minimum atomic E-state index is -1.11. The summed E-state index contributed by atoms with van der Waals surface area (Å²) in [7, 11) is 2.71. The van der Waals surface area contributed by atoms with Crippen LogP contribution >= 0.6 is 0 Å². The third-order valence-corrected chi connectivity index (χ3v) is 7.66. The van der Waals surface area contributed by atoms with Crippen molar-refractivity contribution in [3.05, 3.63) is 22.7 Å². The number of nitrogens with one attached hydrogen (secondary N) is 1. The predicted octanol–water partition coefficient (Wildman–Crippen LogP) is 6.58. The lowest BCUT2D eigenvalue weighted by molar-refractivity contribution is -0.148. The van der Waals surface area contributed by atoms with E-state index in [1.165, 1.54) is 14.2 Å². The Labute approximate surface area is 268 Å². The van der Waals surface area contributed by atoms with Crippen molar-refractivity contribution in [3.8, 4) is 0 Å². The maximum atomic E-state index is 12.9. The van der Waals surface area contributed by atoms with Gasteiger partial charge in [0.05, 0.1) is 26.7 Å². The maximum Gasteiger partial charge on any atom is 0.408 e. The van der Waals surface area contributed by atoms with Gasteiger partial charge in [-0.25, -0.2) is 9.59 Å². The Kier molecular flexibility index (Phi) is 18.2. The first-order valence-corrected chi connectivity index (χ1v) is 16.3. The van der Waals surface area contributed by atoms with Crippen molar-refractivity contribution in [2.45, 2.75) is 136 Å². The Morgan fingerprint density at radius 2 is 1.38 bits per heavy atom. The summed E-state index contributed by atoms with van der Waals surface area (Å²) in [5.41, 5.74) is 0.141. The van der Waals surface area contributed by atoms with Crippen LogP contribution in [0, 0.1) is 5.92 Å². The van der Waals surface area contributed by atoms with E-state index >= 15 is 0 Å². The number of carbonyl (C=O) groups is 5. The van der Waals surface area contributed by atoms with Crippen LogP contribution in [0.3, 0.4) is 0 Å². The lowest BCUT2D eigenvalue weighted by Crippen LogP contribution is -2.46. The molecular weight excluding hydrogens is 582 g/mol. The number of hydrogen-bond acceptors (Lipinski definition) is 9. The largest absolute Gasteiger partial charge is 0.489 e. The van der Waals surface area contributed by atoms with E-state index in [-0.39, 0.29) is 36.1 Å². The number of aliphatic carboxylic acids is 1. The van der Waals surface area contributed by atoms with Gasteiger partial charge in [-0.3, -0.25) is 14.4 Å². The minimum Gasteiger partial charge on any atom is -0.489 e. The Morgan fingerprint density at radius 1 is 0.822 bits per heavy atom. The number of carbonyl (C=O) groups excluding carboxylic acids is 4. The molecule has 0 saturated heterocycles. The topological polar surface area (TPSA) is 155 Å². The van der Waals surface area contributed by atoms with Gasteiger partial charge in [-0.2, -0.15) is 0 Å². The highest BCUT2D eigenvalue weighted by Crippen LogP contribution is 2.29. The molecule has 0 fully saturated rings. The highest BCUT2D eigenvalue weighted by Gasteiger charge is 2.34. The summed E-state index contributed by atoms with van der Waals surface area (Å²) in [5.74, 6) is -3.10. The van der Waals surface area contributed by atoms with Crippen LogP contribution in [0.2, 0.25) is 0 Å². The molecule has 1 aliphatic rings. The lowest BCUT2D eigenvalue weighted by Gasteiger charge is -2.24. The van der Waals surface area contributed by atoms with E-state index in [4.69, 9.17) is 18.9 Å². The molecule has 0 bridgehead atoms. The number of allylic oxidation sites excluding steroid dienone is 2. The molecule has 11 nitrogen and oxygen atoms in total. The summed E-state index contributed by atoms with van der Waals surface area (Å²) in [6.45, 7) is 8.99. The van der Waals surface area contributed by atoms with Gasteiger partial charge in [0.25, 0.3) is 0 Å². The van der Waals surface area contributed by atoms with Crippen molar-refractivity contribution in [2.24, 2.45) is 5.92 Å².